The minimum Gasteiger partial charge on any atom is -0.293 e. The topological polar surface area (TPSA) is 36.1 Å². The van der Waals surface area contributed by atoms with Crippen LogP contribution < -0.4 is 0 Å². The lowest BCUT2D eigenvalue weighted by Gasteiger charge is -1.96. The zero-order chi connectivity index (χ0) is 11.6. The molecule has 0 amide bonds. The van der Waals surface area contributed by atoms with Crippen LogP contribution in [0, 0.1) is 18.3 Å². The second-order valence-corrected chi connectivity index (χ2v) is 3.92. The van der Waals surface area contributed by atoms with Gasteiger partial charge in [-0.15, -0.1) is 0 Å². The molecule has 0 saturated carbocycles. The minimum absolute atomic E-state index is 0.668. The van der Waals surface area contributed by atoms with E-state index in [1.165, 1.54) is 5.56 Å². The highest BCUT2D eigenvalue weighted by Crippen LogP contribution is 2.02. The summed E-state index contributed by atoms with van der Waals surface area (Å²) in [5.74, 6) is 0. The maximum absolute atomic E-state index is 8.36. The summed E-state index contributed by atoms with van der Waals surface area (Å²) in [5.41, 5.74) is 2.43. The summed E-state index contributed by atoms with van der Waals surface area (Å²) in [4.78, 5) is 4.37. The Labute approximate surface area is 97.6 Å². The Balaban J connectivity index is 2.20. The zero-order valence-corrected chi connectivity index (χ0v) is 9.82. The van der Waals surface area contributed by atoms with Crippen molar-refractivity contribution in [2.45, 2.75) is 32.6 Å². The molecule has 1 aromatic rings. The largest absolute Gasteiger partial charge is 0.293 e. The highest BCUT2D eigenvalue weighted by Gasteiger charge is 1.89. The van der Waals surface area contributed by atoms with E-state index in [0.717, 1.165) is 31.4 Å². The molecule has 84 valence electrons. The summed E-state index contributed by atoms with van der Waals surface area (Å²) in [7, 11) is 0. The smallest absolute Gasteiger partial charge is 0.0621 e. The fourth-order valence-electron chi connectivity index (χ4n) is 1.50. The quantitative estimate of drug-likeness (QED) is 0.527. The van der Waals surface area contributed by atoms with Crippen molar-refractivity contribution in [3.05, 3.63) is 35.4 Å². The van der Waals surface area contributed by atoms with Gasteiger partial charge in [0.1, 0.15) is 0 Å². The van der Waals surface area contributed by atoms with Crippen LogP contribution in [-0.4, -0.2) is 12.8 Å². The maximum atomic E-state index is 8.36. The first kappa shape index (κ1) is 12.4. The van der Waals surface area contributed by atoms with Gasteiger partial charge in [-0.2, -0.15) is 5.26 Å². The molecule has 0 saturated heterocycles. The number of nitriles is 1. The van der Waals surface area contributed by atoms with Crippen molar-refractivity contribution < 1.29 is 0 Å². The Hall–Kier alpha value is -1.62. The van der Waals surface area contributed by atoms with Gasteiger partial charge in [-0.3, -0.25) is 4.99 Å². The Kier molecular flexibility index (Phi) is 5.95. The fourth-order valence-corrected chi connectivity index (χ4v) is 1.50. The zero-order valence-electron chi connectivity index (χ0n) is 9.82. The number of unbranched alkanes of at least 4 members (excludes halogenated alkanes) is 3. The van der Waals surface area contributed by atoms with Crippen LogP contribution in [0.25, 0.3) is 0 Å². The third kappa shape index (κ3) is 5.31. The Morgan fingerprint density at radius 3 is 2.94 bits per heavy atom. The van der Waals surface area contributed by atoms with Crippen molar-refractivity contribution in [3.8, 4) is 6.07 Å². The number of aryl methyl sites for hydroxylation is 1. The minimum atomic E-state index is 0.668. The van der Waals surface area contributed by atoms with E-state index in [0.29, 0.717) is 6.42 Å². The summed E-state index contributed by atoms with van der Waals surface area (Å²) < 4.78 is 0. The van der Waals surface area contributed by atoms with Crippen molar-refractivity contribution in [2.24, 2.45) is 4.99 Å². The van der Waals surface area contributed by atoms with Crippen molar-refractivity contribution in [2.75, 3.05) is 6.54 Å². The van der Waals surface area contributed by atoms with E-state index in [1.807, 2.05) is 12.3 Å². The van der Waals surface area contributed by atoms with Crippen molar-refractivity contribution in [1.82, 2.24) is 0 Å². The third-order valence-electron chi connectivity index (χ3n) is 2.36. The van der Waals surface area contributed by atoms with Gasteiger partial charge in [0, 0.05) is 19.2 Å². The highest BCUT2D eigenvalue weighted by molar-refractivity contribution is 5.79. The van der Waals surface area contributed by atoms with Gasteiger partial charge in [0.25, 0.3) is 0 Å². The van der Waals surface area contributed by atoms with E-state index in [9.17, 15) is 0 Å². The average Bonchev–Trinajstić information content (AvgIpc) is 2.28. The summed E-state index contributed by atoms with van der Waals surface area (Å²) in [6.45, 7) is 2.94. The van der Waals surface area contributed by atoms with Crippen molar-refractivity contribution >= 4 is 6.21 Å². The van der Waals surface area contributed by atoms with E-state index in [4.69, 9.17) is 5.26 Å². The molecular formula is C14H18N2. The van der Waals surface area contributed by atoms with Gasteiger partial charge < -0.3 is 0 Å². The Morgan fingerprint density at radius 1 is 1.31 bits per heavy atom. The monoisotopic (exact) mass is 214 g/mol. The van der Waals surface area contributed by atoms with Crippen molar-refractivity contribution in [1.29, 1.82) is 5.26 Å². The first-order chi connectivity index (χ1) is 7.83. The molecule has 0 aliphatic rings. The standard InChI is InChI=1S/C14H18N2/c1-13-7-6-8-14(11-13)12-16-10-5-3-2-4-9-15/h6-8,11-12H,2-5,10H2,1H3. The van der Waals surface area contributed by atoms with Crippen LogP contribution in [0.2, 0.25) is 0 Å². The molecule has 2 heteroatoms. The third-order valence-corrected chi connectivity index (χ3v) is 2.36. The van der Waals surface area contributed by atoms with E-state index in [-0.39, 0.29) is 0 Å². The molecular weight excluding hydrogens is 196 g/mol. The number of nitrogens with zero attached hydrogens (tertiary/aromatic N) is 2. The van der Waals surface area contributed by atoms with E-state index < -0.39 is 0 Å². The van der Waals surface area contributed by atoms with Crippen molar-refractivity contribution in [3.63, 3.8) is 0 Å². The molecule has 0 heterocycles. The Morgan fingerprint density at radius 2 is 2.19 bits per heavy atom. The SMILES string of the molecule is Cc1cccc(C=NCCCCCC#N)c1. The number of benzene rings is 1. The molecule has 1 aromatic carbocycles. The van der Waals surface area contributed by atoms with Crippen LogP contribution >= 0.6 is 0 Å². The van der Waals surface area contributed by atoms with Gasteiger partial charge in [0.15, 0.2) is 0 Å². The Bertz CT molecular complexity index is 375. The number of hydrogen-bond acceptors (Lipinski definition) is 2. The van der Waals surface area contributed by atoms with Gasteiger partial charge in [0.2, 0.25) is 0 Å². The average molecular weight is 214 g/mol. The molecule has 0 fully saturated rings. The normalized spacial score (nSPS) is 10.5. The highest BCUT2D eigenvalue weighted by atomic mass is 14.7. The van der Waals surface area contributed by atoms with Gasteiger partial charge >= 0.3 is 0 Å². The first-order valence-electron chi connectivity index (χ1n) is 5.76. The molecule has 2 nitrogen and oxygen atoms in total. The molecule has 0 bridgehead atoms. The van der Waals surface area contributed by atoms with Gasteiger partial charge in [-0.1, -0.05) is 36.2 Å². The molecule has 0 spiro atoms. The lowest BCUT2D eigenvalue weighted by atomic mass is 10.1. The van der Waals surface area contributed by atoms with Crippen LogP contribution in [0.4, 0.5) is 0 Å². The predicted molar refractivity (Wildman–Crippen MR) is 67.7 cm³/mol. The van der Waals surface area contributed by atoms with Crippen LogP contribution in [-0.2, 0) is 0 Å². The molecule has 0 radical (unpaired) electrons. The lowest BCUT2D eigenvalue weighted by molar-refractivity contribution is 0.701. The fraction of sp³-hybridized carbons (Fsp3) is 0.429. The molecule has 0 aliphatic carbocycles. The number of rotatable bonds is 6. The van der Waals surface area contributed by atoms with Gasteiger partial charge in [-0.25, -0.2) is 0 Å². The van der Waals surface area contributed by atoms with Crippen LogP contribution in [0.15, 0.2) is 29.3 Å². The second-order valence-electron chi connectivity index (χ2n) is 3.92. The van der Waals surface area contributed by atoms with Crippen LogP contribution in [0.3, 0.4) is 0 Å². The maximum Gasteiger partial charge on any atom is 0.0621 e. The summed E-state index contributed by atoms with van der Waals surface area (Å²) >= 11 is 0. The molecule has 0 N–H and O–H groups in total. The lowest BCUT2D eigenvalue weighted by Crippen LogP contribution is -1.86. The molecule has 1 rings (SSSR count). The first-order valence-corrected chi connectivity index (χ1v) is 5.76. The summed E-state index contributed by atoms with van der Waals surface area (Å²) in [5, 5.41) is 8.36. The molecule has 0 atom stereocenters. The second kappa shape index (κ2) is 7.64. The number of hydrogen-bond donors (Lipinski definition) is 0. The van der Waals surface area contributed by atoms with Crippen LogP contribution in [0.1, 0.15) is 36.8 Å². The van der Waals surface area contributed by atoms with E-state index in [2.05, 4.69) is 36.2 Å². The van der Waals surface area contributed by atoms with Gasteiger partial charge in [0.05, 0.1) is 6.07 Å². The van der Waals surface area contributed by atoms with E-state index in [1.54, 1.807) is 0 Å². The van der Waals surface area contributed by atoms with Gasteiger partial charge in [-0.05, 0) is 25.3 Å². The van der Waals surface area contributed by atoms with E-state index >= 15 is 0 Å². The van der Waals surface area contributed by atoms with Crippen LogP contribution in [0.5, 0.6) is 0 Å². The molecule has 0 aromatic heterocycles. The predicted octanol–water partition coefficient (Wildman–Crippen LogP) is 3.50. The summed E-state index contributed by atoms with van der Waals surface area (Å²) in [6, 6.07) is 10.5. The summed E-state index contributed by atoms with van der Waals surface area (Å²) in [6.07, 6.45) is 5.76. The molecule has 0 unspecified atom stereocenters. The molecule has 0 aliphatic heterocycles. The number of aliphatic imine (C=N–C) groups is 1. The molecule has 16 heavy (non-hydrogen) atoms.